The minimum absolute atomic E-state index is 0.0923. The Balaban J connectivity index is 2.15. The number of hydrogen-bond donors (Lipinski definition) is 1. The summed E-state index contributed by atoms with van der Waals surface area (Å²) in [6, 6.07) is 3.01. The monoisotopic (exact) mass is 325 g/mol. The molecule has 0 aliphatic carbocycles. The van der Waals surface area contributed by atoms with Crippen molar-refractivity contribution >= 4 is 40.5 Å². The molecule has 2 rings (SSSR count). The summed E-state index contributed by atoms with van der Waals surface area (Å²) in [5.74, 6) is 0.192. The standard InChI is InChI=1S/C11H8Cl3F2N3/c12-6-3-8(14)9(4-7(6)13)18-5-10-17-1-2-19(10)11(15)16/h1-4,11,18H,5H2. The lowest BCUT2D eigenvalue weighted by Gasteiger charge is -2.11. The molecule has 0 spiro atoms. The fraction of sp³-hybridized carbons (Fsp3) is 0.182. The molecule has 0 saturated heterocycles. The van der Waals surface area contributed by atoms with Crippen LogP contribution < -0.4 is 5.32 Å². The summed E-state index contributed by atoms with van der Waals surface area (Å²) in [6.07, 6.45) is 2.51. The quantitative estimate of drug-likeness (QED) is 0.814. The average molecular weight is 327 g/mol. The molecular weight excluding hydrogens is 318 g/mol. The first-order valence-corrected chi connectivity index (χ1v) is 6.30. The number of imidazole rings is 1. The highest BCUT2D eigenvalue weighted by Crippen LogP contribution is 2.32. The maximum atomic E-state index is 12.6. The largest absolute Gasteiger partial charge is 0.377 e. The summed E-state index contributed by atoms with van der Waals surface area (Å²) in [6.45, 7) is -2.54. The van der Waals surface area contributed by atoms with Crippen molar-refractivity contribution in [2.45, 2.75) is 13.1 Å². The van der Waals surface area contributed by atoms with Gasteiger partial charge in [-0.1, -0.05) is 34.8 Å². The second-order valence-corrected chi connectivity index (χ2v) is 4.85. The van der Waals surface area contributed by atoms with E-state index >= 15 is 0 Å². The van der Waals surface area contributed by atoms with Gasteiger partial charge in [-0.25, -0.2) is 4.98 Å². The van der Waals surface area contributed by atoms with Crippen LogP contribution in [0.2, 0.25) is 15.1 Å². The van der Waals surface area contributed by atoms with E-state index in [1.54, 1.807) is 0 Å². The molecule has 0 radical (unpaired) electrons. The van der Waals surface area contributed by atoms with Gasteiger partial charge in [0.05, 0.1) is 27.3 Å². The van der Waals surface area contributed by atoms with Gasteiger partial charge in [0, 0.05) is 12.4 Å². The molecule has 102 valence electrons. The third-order valence-electron chi connectivity index (χ3n) is 2.41. The first kappa shape index (κ1) is 14.4. The van der Waals surface area contributed by atoms with Crippen LogP contribution in [0.15, 0.2) is 24.5 Å². The van der Waals surface area contributed by atoms with Crippen LogP contribution in [0.3, 0.4) is 0 Å². The molecular formula is C11H8Cl3F2N3. The molecule has 19 heavy (non-hydrogen) atoms. The van der Waals surface area contributed by atoms with E-state index in [2.05, 4.69) is 10.3 Å². The lowest BCUT2D eigenvalue weighted by molar-refractivity contribution is 0.0673. The fourth-order valence-corrected chi connectivity index (χ4v) is 2.10. The second kappa shape index (κ2) is 5.94. The number of benzene rings is 1. The third kappa shape index (κ3) is 3.29. The smallest absolute Gasteiger partial charge is 0.319 e. The summed E-state index contributed by atoms with van der Waals surface area (Å²) >= 11 is 17.6. The van der Waals surface area contributed by atoms with E-state index in [1.165, 1.54) is 24.5 Å². The molecule has 0 fully saturated rings. The van der Waals surface area contributed by atoms with Gasteiger partial charge >= 0.3 is 6.55 Å². The molecule has 0 bridgehead atoms. The topological polar surface area (TPSA) is 29.9 Å². The predicted molar refractivity (Wildman–Crippen MR) is 72.3 cm³/mol. The van der Waals surface area contributed by atoms with E-state index in [-0.39, 0.29) is 12.4 Å². The number of halogens is 5. The number of nitrogens with zero attached hydrogens (tertiary/aromatic N) is 2. The van der Waals surface area contributed by atoms with Gasteiger partial charge in [0.25, 0.3) is 0 Å². The zero-order valence-electron chi connectivity index (χ0n) is 9.38. The van der Waals surface area contributed by atoms with Crippen LogP contribution in [-0.2, 0) is 6.54 Å². The highest BCUT2D eigenvalue weighted by atomic mass is 35.5. The summed E-state index contributed by atoms with van der Waals surface area (Å²) in [5.41, 5.74) is 0.500. The van der Waals surface area contributed by atoms with E-state index in [0.29, 0.717) is 20.8 Å². The number of anilines is 1. The highest BCUT2D eigenvalue weighted by molar-refractivity contribution is 6.44. The van der Waals surface area contributed by atoms with Gasteiger partial charge in [-0.15, -0.1) is 0 Å². The zero-order chi connectivity index (χ0) is 14.0. The Morgan fingerprint density at radius 2 is 1.84 bits per heavy atom. The van der Waals surface area contributed by atoms with Gasteiger partial charge in [0.15, 0.2) is 0 Å². The normalized spacial score (nSPS) is 11.1. The molecule has 1 N–H and O–H groups in total. The maximum absolute atomic E-state index is 12.6. The van der Waals surface area contributed by atoms with Gasteiger partial charge in [-0.2, -0.15) is 8.78 Å². The molecule has 3 nitrogen and oxygen atoms in total. The van der Waals surface area contributed by atoms with Crippen molar-refractivity contribution in [3.8, 4) is 0 Å². The Kier molecular flexibility index (Phi) is 4.50. The predicted octanol–water partition coefficient (Wildman–Crippen LogP) is 4.85. The number of aromatic nitrogens is 2. The molecule has 0 saturated carbocycles. The molecule has 0 unspecified atom stereocenters. The van der Waals surface area contributed by atoms with Crippen molar-refractivity contribution < 1.29 is 8.78 Å². The van der Waals surface area contributed by atoms with Crippen LogP contribution in [0.5, 0.6) is 0 Å². The summed E-state index contributed by atoms with van der Waals surface area (Å²) in [5, 5.41) is 3.89. The highest BCUT2D eigenvalue weighted by Gasteiger charge is 2.12. The molecule has 1 aromatic heterocycles. The number of rotatable bonds is 4. The number of alkyl halides is 2. The van der Waals surface area contributed by atoms with Crippen molar-refractivity contribution in [3.63, 3.8) is 0 Å². The van der Waals surface area contributed by atoms with Crippen LogP contribution >= 0.6 is 34.8 Å². The lowest BCUT2D eigenvalue weighted by Crippen LogP contribution is -2.09. The van der Waals surface area contributed by atoms with E-state index in [9.17, 15) is 8.78 Å². The molecule has 0 amide bonds. The van der Waals surface area contributed by atoms with Gasteiger partial charge in [-0.3, -0.25) is 4.57 Å². The van der Waals surface area contributed by atoms with Gasteiger partial charge in [0.2, 0.25) is 0 Å². The van der Waals surface area contributed by atoms with Crippen LogP contribution in [-0.4, -0.2) is 9.55 Å². The Hall–Kier alpha value is -1.04. The van der Waals surface area contributed by atoms with E-state index in [4.69, 9.17) is 34.8 Å². The van der Waals surface area contributed by atoms with E-state index < -0.39 is 6.55 Å². The summed E-state index contributed by atoms with van der Waals surface area (Å²) in [4.78, 5) is 3.84. The summed E-state index contributed by atoms with van der Waals surface area (Å²) in [7, 11) is 0. The van der Waals surface area contributed by atoms with Crippen molar-refractivity contribution in [3.05, 3.63) is 45.4 Å². The first-order valence-electron chi connectivity index (χ1n) is 5.17. The van der Waals surface area contributed by atoms with Crippen LogP contribution in [0.1, 0.15) is 12.4 Å². The SMILES string of the molecule is FC(F)n1ccnc1CNc1cc(Cl)c(Cl)cc1Cl. The van der Waals surface area contributed by atoms with E-state index in [1.807, 2.05) is 0 Å². The lowest BCUT2D eigenvalue weighted by atomic mass is 10.3. The average Bonchev–Trinajstić information content (AvgIpc) is 2.80. The van der Waals surface area contributed by atoms with Crippen molar-refractivity contribution in [2.24, 2.45) is 0 Å². The van der Waals surface area contributed by atoms with Crippen LogP contribution in [0, 0.1) is 0 Å². The molecule has 8 heteroatoms. The fourth-order valence-electron chi connectivity index (χ4n) is 1.49. The molecule has 0 aliphatic rings. The minimum atomic E-state index is -2.64. The molecule has 1 heterocycles. The van der Waals surface area contributed by atoms with Crippen LogP contribution in [0.25, 0.3) is 0 Å². The van der Waals surface area contributed by atoms with Crippen molar-refractivity contribution in [1.29, 1.82) is 0 Å². The van der Waals surface area contributed by atoms with Gasteiger partial charge in [0.1, 0.15) is 5.82 Å². The number of nitrogens with one attached hydrogen (secondary N) is 1. The maximum Gasteiger partial charge on any atom is 0.319 e. The van der Waals surface area contributed by atoms with Crippen LogP contribution in [0.4, 0.5) is 14.5 Å². The van der Waals surface area contributed by atoms with Gasteiger partial charge in [-0.05, 0) is 12.1 Å². The van der Waals surface area contributed by atoms with Crippen molar-refractivity contribution in [2.75, 3.05) is 5.32 Å². The molecule has 0 aliphatic heterocycles. The third-order valence-corrected chi connectivity index (χ3v) is 3.44. The Labute approximate surface area is 123 Å². The molecule has 0 atom stereocenters. The minimum Gasteiger partial charge on any atom is -0.377 e. The zero-order valence-corrected chi connectivity index (χ0v) is 11.6. The summed E-state index contributed by atoms with van der Waals surface area (Å²) < 4.78 is 26.0. The second-order valence-electron chi connectivity index (χ2n) is 3.63. The number of hydrogen-bond acceptors (Lipinski definition) is 2. The van der Waals surface area contributed by atoms with Gasteiger partial charge < -0.3 is 5.32 Å². The first-order chi connectivity index (χ1) is 8.99. The Bertz CT molecular complexity index is 587. The van der Waals surface area contributed by atoms with Crippen molar-refractivity contribution in [1.82, 2.24) is 9.55 Å². The Morgan fingerprint density at radius 1 is 1.16 bits per heavy atom. The Morgan fingerprint density at radius 3 is 2.53 bits per heavy atom. The molecule has 2 aromatic rings. The van der Waals surface area contributed by atoms with E-state index in [0.717, 1.165) is 4.57 Å². The molecule has 1 aromatic carbocycles.